The number of guanidine groups is 1. The van der Waals surface area contributed by atoms with Crippen molar-refractivity contribution in [3.05, 3.63) is 35.4 Å². The van der Waals surface area contributed by atoms with Crippen LogP contribution in [0.3, 0.4) is 0 Å². The maximum Gasteiger partial charge on any atom is 0.193 e. The smallest absolute Gasteiger partial charge is 0.193 e. The van der Waals surface area contributed by atoms with Crippen molar-refractivity contribution in [2.75, 3.05) is 40.0 Å². The third-order valence-electron chi connectivity index (χ3n) is 7.09. The maximum absolute atomic E-state index is 6.23. The molecule has 0 aromatic heterocycles. The summed E-state index contributed by atoms with van der Waals surface area (Å²) in [5.74, 6) is 1.79. The summed E-state index contributed by atoms with van der Waals surface area (Å²) in [6.45, 7) is 6.06. The van der Waals surface area contributed by atoms with Gasteiger partial charge in [-0.05, 0) is 55.6 Å². The highest BCUT2D eigenvalue weighted by atomic mass is 16.5. The van der Waals surface area contributed by atoms with Gasteiger partial charge < -0.3 is 24.4 Å². The predicted octanol–water partition coefficient (Wildman–Crippen LogP) is 4.13. The zero-order chi connectivity index (χ0) is 22.0. The van der Waals surface area contributed by atoms with E-state index in [0.717, 1.165) is 77.0 Å². The molecule has 178 valence electrons. The second kappa shape index (κ2) is 12.6. The predicted molar refractivity (Wildman–Crippen MR) is 128 cm³/mol. The van der Waals surface area contributed by atoms with Gasteiger partial charge in [-0.15, -0.1) is 0 Å². The normalized spacial score (nSPS) is 21.9. The minimum absolute atomic E-state index is 0.328. The fourth-order valence-electron chi connectivity index (χ4n) is 5.08. The molecule has 3 fully saturated rings. The van der Waals surface area contributed by atoms with Crippen LogP contribution in [-0.4, -0.2) is 63.0 Å². The molecule has 2 aliphatic heterocycles. The molecule has 0 atom stereocenters. The van der Waals surface area contributed by atoms with Crippen LogP contribution in [0.2, 0.25) is 0 Å². The summed E-state index contributed by atoms with van der Waals surface area (Å²) in [6, 6.07) is 8.67. The lowest BCUT2D eigenvalue weighted by Crippen LogP contribution is -2.46. The minimum atomic E-state index is 0.328. The number of piperidine rings is 1. The summed E-state index contributed by atoms with van der Waals surface area (Å²) in [5, 5.41) is 3.56. The van der Waals surface area contributed by atoms with E-state index in [2.05, 4.69) is 39.5 Å². The molecule has 3 aliphatic rings. The molecule has 6 heteroatoms. The Bertz CT molecular complexity index is 706. The number of nitrogens with zero attached hydrogens (tertiary/aromatic N) is 2. The van der Waals surface area contributed by atoms with Crippen LogP contribution < -0.4 is 5.32 Å². The minimum Gasteiger partial charge on any atom is -0.381 e. The van der Waals surface area contributed by atoms with Gasteiger partial charge in [0.2, 0.25) is 0 Å². The van der Waals surface area contributed by atoms with Crippen molar-refractivity contribution in [2.45, 2.75) is 76.7 Å². The van der Waals surface area contributed by atoms with E-state index in [-0.39, 0.29) is 0 Å². The van der Waals surface area contributed by atoms with Crippen molar-refractivity contribution in [3.8, 4) is 0 Å². The zero-order valence-electron chi connectivity index (χ0n) is 19.8. The highest BCUT2D eigenvalue weighted by Gasteiger charge is 2.24. The molecule has 1 saturated carbocycles. The number of rotatable bonds is 8. The molecule has 1 aromatic rings. The quantitative estimate of drug-likeness (QED) is 0.484. The van der Waals surface area contributed by atoms with E-state index in [1.165, 1.54) is 36.8 Å². The van der Waals surface area contributed by atoms with Gasteiger partial charge in [0, 0.05) is 46.5 Å². The number of ether oxygens (including phenoxy) is 3. The van der Waals surface area contributed by atoms with Gasteiger partial charge in [-0.25, -0.2) is 0 Å². The Labute approximate surface area is 193 Å². The lowest BCUT2D eigenvalue weighted by atomic mass is 10.1. The monoisotopic (exact) mass is 443 g/mol. The van der Waals surface area contributed by atoms with Crippen molar-refractivity contribution >= 4 is 5.96 Å². The van der Waals surface area contributed by atoms with Crippen LogP contribution in [0.4, 0.5) is 0 Å². The number of benzene rings is 1. The Morgan fingerprint density at radius 3 is 2.47 bits per heavy atom. The first-order chi connectivity index (χ1) is 15.8. The fraction of sp³-hybridized carbons (Fsp3) is 0.731. The van der Waals surface area contributed by atoms with E-state index in [4.69, 9.17) is 14.2 Å². The van der Waals surface area contributed by atoms with E-state index in [0.29, 0.717) is 18.8 Å². The SMILES string of the molecule is CN=C(NCc1cccc(COC2CCOCC2)c1)N1CCC(OCC2CCCC2)CC1. The van der Waals surface area contributed by atoms with E-state index in [1.54, 1.807) is 0 Å². The Morgan fingerprint density at radius 1 is 1.00 bits per heavy atom. The molecule has 1 N–H and O–H groups in total. The number of likely N-dealkylation sites (tertiary alicyclic amines) is 1. The number of hydrogen-bond acceptors (Lipinski definition) is 4. The molecule has 1 aliphatic carbocycles. The molecule has 2 saturated heterocycles. The van der Waals surface area contributed by atoms with E-state index in [1.807, 2.05) is 7.05 Å². The highest BCUT2D eigenvalue weighted by molar-refractivity contribution is 5.79. The summed E-state index contributed by atoms with van der Waals surface area (Å²) in [7, 11) is 1.88. The van der Waals surface area contributed by atoms with Gasteiger partial charge in [0.15, 0.2) is 5.96 Å². The summed E-state index contributed by atoms with van der Waals surface area (Å²) in [5.41, 5.74) is 2.49. The summed E-state index contributed by atoms with van der Waals surface area (Å²) >= 11 is 0. The molecule has 1 aromatic carbocycles. The van der Waals surface area contributed by atoms with Crippen molar-refractivity contribution in [2.24, 2.45) is 10.9 Å². The third-order valence-corrected chi connectivity index (χ3v) is 7.09. The van der Waals surface area contributed by atoms with Crippen molar-refractivity contribution in [1.82, 2.24) is 10.2 Å². The Kier molecular flexibility index (Phi) is 9.24. The highest BCUT2D eigenvalue weighted by Crippen LogP contribution is 2.26. The molecule has 0 amide bonds. The lowest BCUT2D eigenvalue weighted by Gasteiger charge is -2.34. The van der Waals surface area contributed by atoms with Crippen molar-refractivity contribution in [3.63, 3.8) is 0 Å². The van der Waals surface area contributed by atoms with E-state index in [9.17, 15) is 0 Å². The van der Waals surface area contributed by atoms with E-state index < -0.39 is 0 Å². The average molecular weight is 444 g/mol. The van der Waals surface area contributed by atoms with Gasteiger partial charge >= 0.3 is 0 Å². The van der Waals surface area contributed by atoms with Gasteiger partial charge in [-0.2, -0.15) is 0 Å². The van der Waals surface area contributed by atoms with Gasteiger partial charge in [0.1, 0.15) is 0 Å². The largest absolute Gasteiger partial charge is 0.381 e. The molecule has 0 bridgehead atoms. The van der Waals surface area contributed by atoms with Gasteiger partial charge in [-0.3, -0.25) is 4.99 Å². The van der Waals surface area contributed by atoms with Crippen LogP contribution in [0.15, 0.2) is 29.3 Å². The Morgan fingerprint density at radius 2 is 1.72 bits per heavy atom. The van der Waals surface area contributed by atoms with Crippen LogP contribution >= 0.6 is 0 Å². The molecular weight excluding hydrogens is 402 g/mol. The van der Waals surface area contributed by atoms with Crippen LogP contribution in [0.1, 0.15) is 62.5 Å². The number of aliphatic imine (C=N–C) groups is 1. The Hall–Kier alpha value is -1.63. The van der Waals surface area contributed by atoms with Gasteiger partial charge in [0.05, 0.1) is 18.8 Å². The molecular formula is C26H41N3O3. The summed E-state index contributed by atoms with van der Waals surface area (Å²) in [6.07, 6.45) is 10.4. The van der Waals surface area contributed by atoms with Crippen molar-refractivity contribution in [1.29, 1.82) is 0 Å². The van der Waals surface area contributed by atoms with Crippen LogP contribution in [-0.2, 0) is 27.4 Å². The molecule has 0 spiro atoms. The number of hydrogen-bond donors (Lipinski definition) is 1. The summed E-state index contributed by atoms with van der Waals surface area (Å²) < 4.78 is 17.7. The van der Waals surface area contributed by atoms with E-state index >= 15 is 0 Å². The van der Waals surface area contributed by atoms with Gasteiger partial charge in [-0.1, -0.05) is 37.1 Å². The molecule has 0 unspecified atom stereocenters. The molecule has 6 nitrogen and oxygen atoms in total. The first-order valence-corrected chi connectivity index (χ1v) is 12.6. The average Bonchev–Trinajstić information content (AvgIpc) is 3.37. The lowest BCUT2D eigenvalue weighted by molar-refractivity contribution is -0.0390. The van der Waals surface area contributed by atoms with Crippen molar-refractivity contribution < 1.29 is 14.2 Å². The second-order valence-corrected chi connectivity index (χ2v) is 9.51. The molecule has 4 rings (SSSR count). The van der Waals surface area contributed by atoms with Crippen LogP contribution in [0.25, 0.3) is 0 Å². The second-order valence-electron chi connectivity index (χ2n) is 9.51. The topological polar surface area (TPSA) is 55.3 Å². The molecule has 0 radical (unpaired) electrons. The zero-order valence-corrected chi connectivity index (χ0v) is 19.8. The molecule has 2 heterocycles. The van der Waals surface area contributed by atoms with Gasteiger partial charge in [0.25, 0.3) is 0 Å². The first kappa shape index (κ1) is 23.5. The molecule has 32 heavy (non-hydrogen) atoms. The number of nitrogens with one attached hydrogen (secondary N) is 1. The Balaban J connectivity index is 1.18. The third kappa shape index (κ3) is 7.19. The maximum atomic E-state index is 6.23. The first-order valence-electron chi connectivity index (χ1n) is 12.6. The van der Waals surface area contributed by atoms with Crippen LogP contribution in [0.5, 0.6) is 0 Å². The summed E-state index contributed by atoms with van der Waals surface area (Å²) in [4.78, 5) is 6.90. The van der Waals surface area contributed by atoms with Crippen LogP contribution in [0, 0.1) is 5.92 Å². The fourth-order valence-corrected chi connectivity index (χ4v) is 5.08. The standard InChI is InChI=1S/C26H41N3O3/c1-27-26(29-13-9-24(10-14-29)31-19-21-5-2-3-6-21)28-18-22-7-4-8-23(17-22)20-32-25-11-15-30-16-12-25/h4,7-8,17,21,24-25H,2-3,5-6,9-16,18-20H2,1H3,(H,27,28).